The Bertz CT molecular complexity index is 1510. The third-order valence-electron chi connectivity index (χ3n) is 5.86. The molecule has 0 radical (unpaired) electrons. The number of amides is 1. The normalized spacial score (nSPS) is 14.6. The smallest absolute Gasteiger partial charge is 0.284 e. The number of hydrazone groups is 1. The highest BCUT2D eigenvalue weighted by molar-refractivity contribution is 6.01. The SMILES string of the molecule is COc1ccc(Cn2c(O)c(/C=N/NC(=O)[C@H]3COc4ccccc4O3)c3ccccc3c2=O)cc1. The number of ether oxygens (including phenoxy) is 3. The Hall–Kier alpha value is -4.79. The van der Waals surface area contributed by atoms with Crippen molar-refractivity contribution in [2.24, 2.45) is 5.10 Å². The maximum Gasteiger partial charge on any atom is 0.284 e. The van der Waals surface area contributed by atoms with Crippen molar-refractivity contribution in [2.75, 3.05) is 13.7 Å². The molecule has 2 heterocycles. The van der Waals surface area contributed by atoms with Crippen molar-refractivity contribution in [3.63, 3.8) is 0 Å². The van der Waals surface area contributed by atoms with E-state index in [9.17, 15) is 14.7 Å². The molecule has 1 atom stereocenters. The van der Waals surface area contributed by atoms with Crippen LogP contribution in [-0.4, -0.2) is 41.6 Å². The standard InChI is InChI=1S/C27H23N3O6/c1-34-18-12-10-17(11-13-18)15-30-26(32)20-7-3-2-6-19(20)21(27(30)33)14-28-29-25(31)24-16-35-22-8-4-5-9-23(22)36-24/h2-14,24,33H,15-16H2,1H3,(H,29,31)/b28-14+/t24-/m1/s1. The summed E-state index contributed by atoms with van der Waals surface area (Å²) in [5.41, 5.74) is 3.19. The molecule has 0 fully saturated rings. The predicted octanol–water partition coefficient (Wildman–Crippen LogP) is 3.05. The fraction of sp³-hybridized carbons (Fsp3) is 0.148. The maximum absolute atomic E-state index is 13.2. The van der Waals surface area contributed by atoms with E-state index in [1.165, 1.54) is 10.8 Å². The zero-order chi connectivity index (χ0) is 25.1. The number of rotatable bonds is 6. The zero-order valence-corrected chi connectivity index (χ0v) is 19.4. The van der Waals surface area contributed by atoms with Crippen LogP contribution >= 0.6 is 0 Å². The van der Waals surface area contributed by atoms with Gasteiger partial charge in [0.05, 0.1) is 25.4 Å². The van der Waals surface area contributed by atoms with Crippen LogP contribution in [0.2, 0.25) is 0 Å². The van der Waals surface area contributed by atoms with Gasteiger partial charge in [-0.05, 0) is 35.9 Å². The first-order valence-corrected chi connectivity index (χ1v) is 11.2. The molecule has 182 valence electrons. The summed E-state index contributed by atoms with van der Waals surface area (Å²) in [5, 5.41) is 16.0. The summed E-state index contributed by atoms with van der Waals surface area (Å²) in [6.07, 6.45) is 0.434. The summed E-state index contributed by atoms with van der Waals surface area (Å²) in [5.74, 6) is 0.964. The van der Waals surface area contributed by atoms with E-state index in [2.05, 4.69) is 10.5 Å². The lowest BCUT2D eigenvalue weighted by Gasteiger charge is -2.24. The van der Waals surface area contributed by atoms with Crippen LogP contribution < -0.4 is 25.2 Å². The van der Waals surface area contributed by atoms with E-state index in [1.807, 2.05) is 18.2 Å². The zero-order valence-electron chi connectivity index (χ0n) is 19.4. The fourth-order valence-corrected chi connectivity index (χ4v) is 3.98. The predicted molar refractivity (Wildman–Crippen MR) is 134 cm³/mol. The minimum Gasteiger partial charge on any atom is -0.497 e. The number of hydrogen-bond donors (Lipinski definition) is 2. The molecule has 0 aliphatic carbocycles. The van der Waals surface area contributed by atoms with E-state index in [4.69, 9.17) is 14.2 Å². The van der Waals surface area contributed by atoms with Gasteiger partial charge in [0.1, 0.15) is 12.4 Å². The van der Waals surface area contributed by atoms with Crippen molar-refractivity contribution in [1.82, 2.24) is 9.99 Å². The van der Waals surface area contributed by atoms with E-state index in [1.54, 1.807) is 61.7 Å². The van der Waals surface area contributed by atoms with Crippen molar-refractivity contribution in [2.45, 2.75) is 12.6 Å². The molecule has 1 aromatic heterocycles. The number of pyridine rings is 1. The van der Waals surface area contributed by atoms with Crippen LogP contribution in [0.15, 0.2) is 82.7 Å². The molecule has 2 N–H and O–H groups in total. The van der Waals surface area contributed by atoms with Gasteiger partial charge in [-0.2, -0.15) is 5.10 Å². The highest BCUT2D eigenvalue weighted by atomic mass is 16.6. The highest BCUT2D eigenvalue weighted by Crippen LogP contribution is 2.31. The number of benzene rings is 3. The Morgan fingerprint density at radius 2 is 1.78 bits per heavy atom. The van der Waals surface area contributed by atoms with E-state index in [0.717, 1.165) is 5.56 Å². The molecule has 0 saturated carbocycles. The average molecular weight is 485 g/mol. The molecule has 36 heavy (non-hydrogen) atoms. The molecule has 4 aromatic rings. The summed E-state index contributed by atoms with van der Waals surface area (Å²) >= 11 is 0. The summed E-state index contributed by atoms with van der Waals surface area (Å²) < 4.78 is 17.7. The second kappa shape index (κ2) is 9.83. The number of para-hydroxylation sites is 2. The van der Waals surface area contributed by atoms with Gasteiger partial charge in [0.25, 0.3) is 11.5 Å². The molecule has 1 amide bonds. The van der Waals surface area contributed by atoms with E-state index in [-0.39, 0.29) is 24.6 Å². The molecular formula is C27H23N3O6. The van der Waals surface area contributed by atoms with Gasteiger partial charge in [-0.3, -0.25) is 14.2 Å². The third kappa shape index (κ3) is 4.46. The topological polar surface area (TPSA) is 111 Å². The van der Waals surface area contributed by atoms with E-state index in [0.29, 0.717) is 33.6 Å². The number of carbonyl (C=O) groups excluding carboxylic acids is 1. The molecule has 0 bridgehead atoms. The lowest BCUT2D eigenvalue weighted by atomic mass is 10.1. The molecule has 0 saturated heterocycles. The first-order valence-electron chi connectivity index (χ1n) is 11.2. The molecule has 9 heteroatoms. The number of aromatic nitrogens is 1. The molecule has 5 rings (SSSR count). The van der Waals surface area contributed by atoms with Crippen LogP contribution in [0, 0.1) is 0 Å². The molecule has 0 spiro atoms. The Kier molecular flexibility index (Phi) is 6.27. The van der Waals surface area contributed by atoms with Crippen molar-refractivity contribution in [3.05, 3.63) is 94.3 Å². The van der Waals surface area contributed by atoms with Gasteiger partial charge in [0.2, 0.25) is 12.0 Å². The molecular weight excluding hydrogens is 462 g/mol. The van der Waals surface area contributed by atoms with Gasteiger partial charge in [-0.25, -0.2) is 5.43 Å². The summed E-state index contributed by atoms with van der Waals surface area (Å²) in [7, 11) is 1.57. The number of aromatic hydroxyl groups is 1. The van der Waals surface area contributed by atoms with Gasteiger partial charge in [-0.15, -0.1) is 0 Å². The van der Waals surface area contributed by atoms with Crippen LogP contribution in [0.3, 0.4) is 0 Å². The summed E-state index contributed by atoms with van der Waals surface area (Å²) in [6, 6.07) is 21.2. The van der Waals surface area contributed by atoms with Crippen molar-refractivity contribution in [3.8, 4) is 23.1 Å². The number of methoxy groups -OCH3 is 1. The number of carbonyl (C=O) groups is 1. The first kappa shape index (κ1) is 23.0. The second-order valence-electron chi connectivity index (χ2n) is 8.12. The summed E-state index contributed by atoms with van der Waals surface area (Å²) in [6.45, 7) is 0.179. The monoisotopic (exact) mass is 485 g/mol. The van der Waals surface area contributed by atoms with Gasteiger partial charge < -0.3 is 19.3 Å². The number of nitrogens with zero attached hydrogens (tertiary/aromatic N) is 2. The summed E-state index contributed by atoms with van der Waals surface area (Å²) in [4.78, 5) is 25.8. The van der Waals surface area contributed by atoms with Gasteiger partial charge >= 0.3 is 0 Å². The number of hydrogen-bond acceptors (Lipinski definition) is 7. The lowest BCUT2D eigenvalue weighted by molar-refractivity contribution is -0.130. The van der Waals surface area contributed by atoms with Gasteiger partial charge in [-0.1, -0.05) is 42.5 Å². The van der Waals surface area contributed by atoms with E-state index < -0.39 is 12.0 Å². The minimum absolute atomic E-state index is 0.0410. The van der Waals surface area contributed by atoms with Gasteiger partial charge in [0.15, 0.2) is 11.5 Å². The Morgan fingerprint density at radius 3 is 2.53 bits per heavy atom. The minimum atomic E-state index is -0.883. The third-order valence-corrected chi connectivity index (χ3v) is 5.86. The van der Waals surface area contributed by atoms with Crippen LogP contribution in [0.4, 0.5) is 0 Å². The van der Waals surface area contributed by atoms with Crippen LogP contribution in [0.5, 0.6) is 23.1 Å². The van der Waals surface area contributed by atoms with Gasteiger partial charge in [0, 0.05) is 10.8 Å². The largest absolute Gasteiger partial charge is 0.497 e. The fourth-order valence-electron chi connectivity index (χ4n) is 3.98. The average Bonchev–Trinajstić information content (AvgIpc) is 2.92. The Labute approximate surface area is 206 Å². The lowest BCUT2D eigenvalue weighted by Crippen LogP contribution is -2.42. The van der Waals surface area contributed by atoms with Crippen molar-refractivity contribution >= 4 is 22.9 Å². The Morgan fingerprint density at radius 1 is 1.08 bits per heavy atom. The molecule has 1 aliphatic heterocycles. The number of fused-ring (bicyclic) bond motifs is 2. The molecule has 1 aliphatic rings. The number of nitrogens with one attached hydrogen (secondary N) is 1. The maximum atomic E-state index is 13.2. The van der Waals surface area contributed by atoms with Crippen LogP contribution in [0.25, 0.3) is 10.8 Å². The van der Waals surface area contributed by atoms with Crippen molar-refractivity contribution in [1.29, 1.82) is 0 Å². The van der Waals surface area contributed by atoms with Crippen molar-refractivity contribution < 1.29 is 24.1 Å². The van der Waals surface area contributed by atoms with Crippen LogP contribution in [-0.2, 0) is 11.3 Å². The quantitative estimate of drug-likeness (QED) is 0.321. The molecule has 0 unspecified atom stereocenters. The molecule has 9 nitrogen and oxygen atoms in total. The second-order valence-corrected chi connectivity index (χ2v) is 8.12. The highest BCUT2D eigenvalue weighted by Gasteiger charge is 2.27. The molecule has 3 aromatic carbocycles. The van der Waals surface area contributed by atoms with Crippen LogP contribution in [0.1, 0.15) is 11.1 Å². The van der Waals surface area contributed by atoms with E-state index >= 15 is 0 Å². The Balaban J connectivity index is 1.41. The first-order chi connectivity index (χ1) is 17.5.